The first-order valence-electron chi connectivity index (χ1n) is 13.2. The minimum absolute atomic E-state index is 0.629. The summed E-state index contributed by atoms with van der Waals surface area (Å²) in [6.07, 6.45) is 4.70. The number of rotatable bonds is 6. The summed E-state index contributed by atoms with van der Waals surface area (Å²) in [7, 11) is 3.27. The van der Waals surface area contributed by atoms with E-state index in [2.05, 4.69) is 67.1 Å². The molecule has 4 heterocycles. The molecule has 0 aliphatic carbocycles. The number of fused-ring (bicyclic) bond motifs is 3. The molecular formula is C30H35N5O2. The zero-order valence-electron chi connectivity index (χ0n) is 22.3. The molecule has 0 N–H and O–H groups in total. The predicted molar refractivity (Wildman–Crippen MR) is 148 cm³/mol. The molecule has 7 heteroatoms. The molecule has 7 nitrogen and oxygen atoms in total. The Morgan fingerprint density at radius 1 is 0.838 bits per heavy atom. The third kappa shape index (κ3) is 4.21. The fourth-order valence-electron chi connectivity index (χ4n) is 6.26. The van der Waals surface area contributed by atoms with Crippen LogP contribution < -0.4 is 14.4 Å². The van der Waals surface area contributed by atoms with Crippen molar-refractivity contribution in [1.82, 2.24) is 19.5 Å². The van der Waals surface area contributed by atoms with Crippen molar-refractivity contribution in [3.8, 4) is 34.0 Å². The van der Waals surface area contributed by atoms with Gasteiger partial charge in [-0.25, -0.2) is 9.50 Å². The SMILES string of the molecule is COc1ccc(-c2nc3c(C)cc(-c4ccc(N5CC6CCC(C5)N6C(C)C)cc4)cn3n2)cc1OC. The second-order valence-corrected chi connectivity index (χ2v) is 10.6. The molecule has 2 saturated heterocycles. The summed E-state index contributed by atoms with van der Waals surface area (Å²) >= 11 is 0. The standard InChI is InChI=1S/C30H35N5O2/c1-19(2)35-25-11-12-26(35)18-33(17-25)24-9-6-21(7-10-24)23-14-20(3)30-31-29(32-34(30)16-23)22-8-13-27(36-4)28(15-22)37-5/h6-10,13-16,19,25-26H,11-12,17-18H2,1-5H3. The van der Waals surface area contributed by atoms with Gasteiger partial charge in [0.1, 0.15) is 0 Å². The molecule has 2 aliphatic rings. The van der Waals surface area contributed by atoms with E-state index in [9.17, 15) is 0 Å². The van der Waals surface area contributed by atoms with Gasteiger partial charge in [-0.3, -0.25) is 4.90 Å². The van der Waals surface area contributed by atoms with Crippen LogP contribution in [0.5, 0.6) is 11.5 Å². The molecule has 2 bridgehead atoms. The van der Waals surface area contributed by atoms with E-state index in [1.54, 1.807) is 14.2 Å². The number of hydrogen-bond acceptors (Lipinski definition) is 6. The van der Waals surface area contributed by atoms with Crippen LogP contribution in [0.3, 0.4) is 0 Å². The van der Waals surface area contributed by atoms with E-state index in [0.717, 1.165) is 35.4 Å². The van der Waals surface area contributed by atoms with Gasteiger partial charge in [0.2, 0.25) is 0 Å². The maximum atomic E-state index is 5.46. The Morgan fingerprint density at radius 3 is 2.16 bits per heavy atom. The first-order chi connectivity index (χ1) is 17.9. The first kappa shape index (κ1) is 23.8. The quantitative estimate of drug-likeness (QED) is 0.353. The molecule has 2 aromatic heterocycles. The largest absolute Gasteiger partial charge is 0.493 e. The predicted octanol–water partition coefficient (Wildman–Crippen LogP) is 5.45. The number of aryl methyl sites for hydroxylation is 1. The van der Waals surface area contributed by atoms with Crippen LogP contribution in [0, 0.1) is 6.92 Å². The van der Waals surface area contributed by atoms with Crippen LogP contribution >= 0.6 is 0 Å². The number of benzene rings is 2. The number of piperazine rings is 1. The highest BCUT2D eigenvalue weighted by atomic mass is 16.5. The van der Waals surface area contributed by atoms with Crippen LogP contribution in [0.25, 0.3) is 28.2 Å². The monoisotopic (exact) mass is 497 g/mol. The van der Waals surface area contributed by atoms with Crippen molar-refractivity contribution >= 4 is 11.3 Å². The lowest BCUT2D eigenvalue weighted by Crippen LogP contribution is -2.56. The van der Waals surface area contributed by atoms with Crippen LogP contribution in [-0.2, 0) is 0 Å². The zero-order chi connectivity index (χ0) is 25.7. The molecule has 37 heavy (non-hydrogen) atoms. The van der Waals surface area contributed by atoms with Crippen molar-refractivity contribution in [2.75, 3.05) is 32.2 Å². The van der Waals surface area contributed by atoms with Gasteiger partial charge in [-0.15, -0.1) is 5.10 Å². The van der Waals surface area contributed by atoms with Crippen molar-refractivity contribution in [3.05, 3.63) is 60.3 Å². The molecule has 0 spiro atoms. The van der Waals surface area contributed by atoms with Crippen molar-refractivity contribution in [2.45, 2.75) is 51.7 Å². The van der Waals surface area contributed by atoms with Crippen LogP contribution in [0.15, 0.2) is 54.7 Å². The highest BCUT2D eigenvalue weighted by molar-refractivity contribution is 5.70. The summed E-state index contributed by atoms with van der Waals surface area (Å²) in [6.45, 7) is 9.00. The van der Waals surface area contributed by atoms with Gasteiger partial charge < -0.3 is 14.4 Å². The topological polar surface area (TPSA) is 55.1 Å². The maximum Gasteiger partial charge on any atom is 0.182 e. The minimum atomic E-state index is 0.629. The summed E-state index contributed by atoms with van der Waals surface area (Å²) in [5.41, 5.74) is 6.45. The summed E-state index contributed by atoms with van der Waals surface area (Å²) in [5.74, 6) is 2.01. The molecular weight excluding hydrogens is 462 g/mol. The Hall–Kier alpha value is -3.58. The van der Waals surface area contributed by atoms with Crippen molar-refractivity contribution < 1.29 is 9.47 Å². The number of ether oxygens (including phenoxy) is 2. The second-order valence-electron chi connectivity index (χ2n) is 10.6. The van der Waals surface area contributed by atoms with Crippen molar-refractivity contribution in [2.24, 2.45) is 0 Å². The molecule has 2 aliphatic heterocycles. The highest BCUT2D eigenvalue weighted by Gasteiger charge is 2.40. The maximum absolute atomic E-state index is 5.46. The molecule has 2 aromatic carbocycles. The molecule has 0 saturated carbocycles. The van der Waals surface area contributed by atoms with Gasteiger partial charge in [0.05, 0.1) is 14.2 Å². The normalized spacial score (nSPS) is 19.7. The first-order valence-corrected chi connectivity index (χ1v) is 13.2. The number of methoxy groups -OCH3 is 2. The van der Waals surface area contributed by atoms with E-state index in [4.69, 9.17) is 19.6 Å². The van der Waals surface area contributed by atoms with Gasteiger partial charge in [-0.1, -0.05) is 12.1 Å². The van der Waals surface area contributed by atoms with Gasteiger partial charge in [0.15, 0.2) is 23.0 Å². The number of aromatic nitrogens is 3. The Morgan fingerprint density at radius 2 is 1.51 bits per heavy atom. The van der Waals surface area contributed by atoms with Gasteiger partial charge in [0.25, 0.3) is 0 Å². The third-order valence-electron chi connectivity index (χ3n) is 7.96. The van der Waals surface area contributed by atoms with E-state index in [0.29, 0.717) is 35.4 Å². The Kier molecular flexibility index (Phi) is 6.03. The minimum Gasteiger partial charge on any atom is -0.493 e. The van der Waals surface area contributed by atoms with Crippen molar-refractivity contribution in [3.63, 3.8) is 0 Å². The average Bonchev–Trinajstić information content (AvgIpc) is 3.47. The Labute approximate surface area is 218 Å². The van der Waals surface area contributed by atoms with Crippen LogP contribution in [-0.4, -0.2) is 64.9 Å². The van der Waals surface area contributed by atoms with Gasteiger partial charge in [-0.2, -0.15) is 0 Å². The van der Waals surface area contributed by atoms with Gasteiger partial charge in [-0.05, 0) is 81.1 Å². The van der Waals surface area contributed by atoms with E-state index < -0.39 is 0 Å². The summed E-state index contributed by atoms with van der Waals surface area (Å²) in [4.78, 5) is 10.1. The molecule has 0 radical (unpaired) electrons. The third-order valence-corrected chi connectivity index (χ3v) is 7.96. The van der Waals surface area contributed by atoms with Crippen molar-refractivity contribution in [1.29, 1.82) is 0 Å². The number of anilines is 1. The van der Waals surface area contributed by atoms with E-state index in [1.807, 2.05) is 22.7 Å². The Bertz CT molecular complexity index is 1410. The summed E-state index contributed by atoms with van der Waals surface area (Å²) < 4.78 is 12.7. The van der Waals surface area contributed by atoms with Gasteiger partial charge in [0, 0.05) is 54.2 Å². The van der Waals surface area contributed by atoms with Crippen LogP contribution in [0.2, 0.25) is 0 Å². The second kappa shape index (κ2) is 9.38. The fourth-order valence-corrected chi connectivity index (χ4v) is 6.26. The lowest BCUT2D eigenvalue weighted by molar-refractivity contribution is 0.129. The molecule has 6 rings (SSSR count). The molecule has 2 atom stereocenters. The lowest BCUT2D eigenvalue weighted by atomic mass is 10.0. The van der Waals surface area contributed by atoms with E-state index >= 15 is 0 Å². The highest BCUT2D eigenvalue weighted by Crippen LogP contribution is 2.35. The van der Waals surface area contributed by atoms with Crippen LogP contribution in [0.4, 0.5) is 5.69 Å². The summed E-state index contributed by atoms with van der Waals surface area (Å²) in [6, 6.07) is 18.9. The molecule has 4 aromatic rings. The zero-order valence-corrected chi connectivity index (χ0v) is 22.3. The lowest BCUT2D eigenvalue weighted by Gasteiger charge is -2.44. The molecule has 0 amide bonds. The molecule has 2 fully saturated rings. The van der Waals surface area contributed by atoms with Crippen LogP contribution in [0.1, 0.15) is 32.3 Å². The fraction of sp³-hybridized carbons (Fsp3) is 0.400. The van der Waals surface area contributed by atoms with E-state index in [-0.39, 0.29) is 0 Å². The summed E-state index contributed by atoms with van der Waals surface area (Å²) in [5, 5.41) is 4.79. The van der Waals surface area contributed by atoms with E-state index in [1.165, 1.54) is 24.1 Å². The molecule has 192 valence electrons. The van der Waals surface area contributed by atoms with Gasteiger partial charge >= 0.3 is 0 Å². The number of pyridine rings is 1. The number of hydrogen-bond donors (Lipinski definition) is 0. The smallest absolute Gasteiger partial charge is 0.182 e. The Balaban J connectivity index is 1.26. The molecule has 2 unspecified atom stereocenters. The average molecular weight is 498 g/mol. The number of nitrogens with zero attached hydrogens (tertiary/aromatic N) is 5.